The van der Waals surface area contributed by atoms with Gasteiger partial charge in [-0.3, -0.25) is 9.59 Å². The van der Waals surface area contributed by atoms with E-state index < -0.39 is 17.8 Å². The van der Waals surface area contributed by atoms with Gasteiger partial charge in [-0.1, -0.05) is 48.9 Å². The van der Waals surface area contributed by atoms with Gasteiger partial charge in [0.05, 0.1) is 17.9 Å². The zero-order chi connectivity index (χ0) is 24.9. The van der Waals surface area contributed by atoms with Crippen molar-refractivity contribution in [2.24, 2.45) is 0 Å². The van der Waals surface area contributed by atoms with E-state index in [4.69, 9.17) is 21.1 Å². The molecule has 4 rings (SSSR count). The first-order valence-corrected chi connectivity index (χ1v) is 11.5. The number of carbonyl (C=O) groups excluding carboxylic acids is 3. The van der Waals surface area contributed by atoms with E-state index in [9.17, 15) is 14.4 Å². The molecule has 1 aliphatic rings. The van der Waals surface area contributed by atoms with Gasteiger partial charge in [-0.05, 0) is 61.4 Å². The molecule has 178 valence electrons. The van der Waals surface area contributed by atoms with Crippen molar-refractivity contribution < 1.29 is 23.9 Å². The lowest BCUT2D eigenvalue weighted by Crippen LogP contribution is -2.33. The van der Waals surface area contributed by atoms with Crippen LogP contribution in [0.15, 0.2) is 83.5 Å². The number of nitrogens with zero attached hydrogens (tertiary/aromatic N) is 1. The van der Waals surface area contributed by atoms with E-state index in [2.05, 4.69) is 5.32 Å². The Morgan fingerprint density at radius 2 is 1.54 bits per heavy atom. The lowest BCUT2D eigenvalue weighted by atomic mass is 10.1. The minimum absolute atomic E-state index is 0.0245. The van der Waals surface area contributed by atoms with Crippen molar-refractivity contribution in [3.05, 3.63) is 94.7 Å². The topological polar surface area (TPSA) is 84.9 Å². The van der Waals surface area contributed by atoms with Crippen molar-refractivity contribution in [3.8, 4) is 11.5 Å². The van der Waals surface area contributed by atoms with E-state index in [1.54, 1.807) is 60.7 Å². The number of para-hydroxylation sites is 3. The molecule has 7 nitrogen and oxygen atoms in total. The van der Waals surface area contributed by atoms with Crippen LogP contribution in [0.25, 0.3) is 0 Å². The maximum absolute atomic E-state index is 13.1. The summed E-state index contributed by atoms with van der Waals surface area (Å²) < 4.78 is 11.0. The summed E-state index contributed by atoms with van der Waals surface area (Å²) in [6.07, 6.45) is 0.653. The Balaban J connectivity index is 1.49. The van der Waals surface area contributed by atoms with Crippen molar-refractivity contribution in [2.75, 3.05) is 16.8 Å². The minimum Gasteiger partial charge on any atom is -0.490 e. The average Bonchev–Trinajstić information content (AvgIpc) is 3.08. The van der Waals surface area contributed by atoms with E-state index in [1.165, 1.54) is 0 Å². The fraction of sp³-hybridized carbons (Fsp3) is 0.148. The number of benzene rings is 3. The molecule has 0 saturated carbocycles. The highest BCUT2D eigenvalue weighted by Crippen LogP contribution is 2.32. The number of hydrogen-bond donors (Lipinski definition) is 1. The molecule has 8 heteroatoms. The molecule has 0 saturated heterocycles. The largest absolute Gasteiger partial charge is 0.490 e. The first kappa shape index (κ1) is 24.0. The van der Waals surface area contributed by atoms with Crippen LogP contribution in [0.1, 0.15) is 29.8 Å². The molecular formula is C27H23ClN2O5. The van der Waals surface area contributed by atoms with Crippen LogP contribution >= 0.6 is 11.6 Å². The van der Waals surface area contributed by atoms with Crippen molar-refractivity contribution in [2.45, 2.75) is 20.3 Å². The molecule has 1 N–H and O–H groups in total. The van der Waals surface area contributed by atoms with E-state index in [1.807, 2.05) is 26.0 Å². The number of halogens is 1. The van der Waals surface area contributed by atoms with Crippen LogP contribution < -0.4 is 19.7 Å². The summed E-state index contributed by atoms with van der Waals surface area (Å²) in [5, 5.41) is 2.72. The van der Waals surface area contributed by atoms with Crippen LogP contribution in [0, 0.1) is 0 Å². The smallest absolute Gasteiger partial charge is 0.343 e. The Hall–Kier alpha value is -4.10. The van der Waals surface area contributed by atoms with Gasteiger partial charge < -0.3 is 14.8 Å². The Morgan fingerprint density at radius 3 is 2.23 bits per heavy atom. The van der Waals surface area contributed by atoms with Crippen molar-refractivity contribution in [3.63, 3.8) is 0 Å². The summed E-state index contributed by atoms with van der Waals surface area (Å²) in [6.45, 7) is 4.23. The second-order valence-corrected chi connectivity index (χ2v) is 7.97. The summed E-state index contributed by atoms with van der Waals surface area (Å²) in [4.78, 5) is 39.5. The standard InChI is InChI=1S/C27H23ClN2O5/c1-3-17-9-5-6-10-20(17)30-25(31)23(28)24(26(30)32)29-19-15-13-18(14-16-19)27(33)35-22-12-8-7-11-21(22)34-4-2/h5-16,29H,3-4H2,1-2H3. The van der Waals surface area contributed by atoms with Gasteiger partial charge in [0.15, 0.2) is 11.5 Å². The summed E-state index contributed by atoms with van der Waals surface area (Å²) in [5.41, 5.74) is 2.12. The lowest BCUT2D eigenvalue weighted by molar-refractivity contribution is -0.120. The van der Waals surface area contributed by atoms with Crippen molar-refractivity contribution in [1.82, 2.24) is 0 Å². The normalized spacial score (nSPS) is 13.3. The molecule has 0 unspecified atom stereocenters. The number of carbonyl (C=O) groups is 3. The highest BCUT2D eigenvalue weighted by Gasteiger charge is 2.39. The quantitative estimate of drug-likeness (QED) is 0.262. The maximum atomic E-state index is 13.1. The second-order valence-electron chi connectivity index (χ2n) is 7.59. The first-order chi connectivity index (χ1) is 16.9. The molecule has 2 amide bonds. The van der Waals surface area contributed by atoms with Crippen LogP contribution in [0.5, 0.6) is 11.5 Å². The maximum Gasteiger partial charge on any atom is 0.343 e. The number of imide groups is 1. The summed E-state index contributed by atoms with van der Waals surface area (Å²) in [5.74, 6) is -0.900. The SMILES string of the molecule is CCOc1ccccc1OC(=O)c1ccc(NC2=C(Cl)C(=O)N(c3ccccc3CC)C2=O)cc1. The Kier molecular flexibility index (Phi) is 7.17. The molecule has 1 aliphatic heterocycles. The Labute approximate surface area is 207 Å². The molecule has 0 aliphatic carbocycles. The minimum atomic E-state index is -0.590. The van der Waals surface area contributed by atoms with Crippen LogP contribution in [-0.2, 0) is 16.0 Å². The van der Waals surface area contributed by atoms with Gasteiger partial charge in [-0.15, -0.1) is 0 Å². The van der Waals surface area contributed by atoms with E-state index >= 15 is 0 Å². The Bertz CT molecular complexity index is 1320. The molecule has 1 heterocycles. The summed E-state index contributed by atoms with van der Waals surface area (Å²) in [6, 6.07) is 20.4. The molecule has 0 atom stereocenters. The predicted octanol–water partition coefficient (Wildman–Crippen LogP) is 5.30. The fourth-order valence-corrected chi connectivity index (χ4v) is 3.87. The molecule has 3 aromatic rings. The van der Waals surface area contributed by atoms with Gasteiger partial charge in [0.2, 0.25) is 0 Å². The van der Waals surface area contributed by atoms with Gasteiger partial charge in [0.25, 0.3) is 11.8 Å². The van der Waals surface area contributed by atoms with Gasteiger partial charge in [0.1, 0.15) is 10.7 Å². The number of ether oxygens (including phenoxy) is 2. The summed E-state index contributed by atoms with van der Waals surface area (Å²) in [7, 11) is 0. The van der Waals surface area contributed by atoms with E-state index in [-0.39, 0.29) is 10.7 Å². The Morgan fingerprint density at radius 1 is 0.886 bits per heavy atom. The number of aryl methyl sites for hydroxylation is 1. The third-order valence-corrected chi connectivity index (χ3v) is 5.73. The third-order valence-electron chi connectivity index (χ3n) is 5.38. The number of hydrogen-bond acceptors (Lipinski definition) is 6. The first-order valence-electron chi connectivity index (χ1n) is 11.1. The fourth-order valence-electron chi connectivity index (χ4n) is 3.66. The number of nitrogens with one attached hydrogen (secondary N) is 1. The van der Waals surface area contributed by atoms with Crippen LogP contribution in [-0.4, -0.2) is 24.4 Å². The van der Waals surface area contributed by atoms with Gasteiger partial charge in [-0.25, -0.2) is 9.69 Å². The zero-order valence-electron chi connectivity index (χ0n) is 19.2. The molecule has 35 heavy (non-hydrogen) atoms. The third kappa shape index (κ3) is 4.90. The van der Waals surface area contributed by atoms with Gasteiger partial charge in [0, 0.05) is 5.69 Å². The molecule has 3 aromatic carbocycles. The highest BCUT2D eigenvalue weighted by atomic mass is 35.5. The van der Waals surface area contributed by atoms with E-state index in [0.29, 0.717) is 41.5 Å². The van der Waals surface area contributed by atoms with Crippen LogP contribution in [0.3, 0.4) is 0 Å². The number of amides is 2. The molecule has 0 spiro atoms. The molecule has 0 fully saturated rings. The predicted molar refractivity (Wildman–Crippen MR) is 134 cm³/mol. The number of esters is 1. The van der Waals surface area contributed by atoms with Crippen LogP contribution in [0.2, 0.25) is 0 Å². The molecular weight excluding hydrogens is 468 g/mol. The summed E-state index contributed by atoms with van der Waals surface area (Å²) >= 11 is 6.25. The van der Waals surface area contributed by atoms with Gasteiger partial charge >= 0.3 is 5.97 Å². The second kappa shape index (κ2) is 10.4. The van der Waals surface area contributed by atoms with Crippen molar-refractivity contribution in [1.29, 1.82) is 0 Å². The van der Waals surface area contributed by atoms with Crippen LogP contribution in [0.4, 0.5) is 11.4 Å². The average molecular weight is 491 g/mol. The zero-order valence-corrected chi connectivity index (χ0v) is 20.0. The molecule has 0 aromatic heterocycles. The monoisotopic (exact) mass is 490 g/mol. The number of anilines is 2. The van der Waals surface area contributed by atoms with Crippen molar-refractivity contribution >= 4 is 40.8 Å². The molecule has 0 radical (unpaired) electrons. The highest BCUT2D eigenvalue weighted by molar-refractivity contribution is 6.53. The molecule has 0 bridgehead atoms. The number of rotatable bonds is 8. The van der Waals surface area contributed by atoms with Gasteiger partial charge in [-0.2, -0.15) is 0 Å². The van der Waals surface area contributed by atoms with E-state index in [0.717, 1.165) is 10.5 Å². The lowest BCUT2D eigenvalue weighted by Gasteiger charge is -2.18.